The fraction of sp³-hybridized carbons (Fsp3) is 0.381. The van der Waals surface area contributed by atoms with Gasteiger partial charge in [0.2, 0.25) is 5.91 Å². The number of thiophene rings is 1. The Morgan fingerprint density at radius 1 is 1.09 bits per heavy atom. The molecule has 0 aliphatic carbocycles. The summed E-state index contributed by atoms with van der Waals surface area (Å²) in [5, 5.41) is 2.88. The van der Waals surface area contributed by atoms with E-state index in [-0.39, 0.29) is 43.8 Å². The number of nitrogens with zero attached hydrogens (tertiary/aromatic N) is 2. The normalized spacial score (nSPS) is 19.0. The molecule has 1 aromatic heterocycles. The molecule has 1 saturated heterocycles. The second kappa shape index (κ2) is 8.86. The van der Waals surface area contributed by atoms with Crippen molar-refractivity contribution in [2.75, 3.05) is 24.5 Å². The van der Waals surface area contributed by atoms with Crippen LogP contribution in [0, 0.1) is 0 Å². The molecule has 1 fully saturated rings. The summed E-state index contributed by atoms with van der Waals surface area (Å²) in [6, 6.07) is 8.51. The Bertz CT molecular complexity index is 1070. The molecule has 4 rings (SSSR count). The molecule has 170 valence electrons. The van der Waals surface area contributed by atoms with Crippen LogP contribution >= 0.6 is 27.3 Å². The highest BCUT2D eigenvalue weighted by molar-refractivity contribution is 9.11. The lowest BCUT2D eigenvalue weighted by molar-refractivity contribution is -0.185. The van der Waals surface area contributed by atoms with E-state index in [1.807, 2.05) is 0 Å². The second-order valence-corrected chi connectivity index (χ2v) is 10.2. The third-order valence-electron chi connectivity index (χ3n) is 5.59. The van der Waals surface area contributed by atoms with Crippen LogP contribution in [0.15, 0.2) is 34.1 Å². The van der Waals surface area contributed by atoms with Crippen LogP contribution in [0.3, 0.4) is 0 Å². The predicted octanol–water partition coefficient (Wildman–Crippen LogP) is 3.54. The fourth-order valence-corrected chi connectivity index (χ4v) is 5.30. The highest BCUT2D eigenvalue weighted by Gasteiger charge is 2.42. The van der Waals surface area contributed by atoms with Gasteiger partial charge in [0.25, 0.3) is 5.91 Å². The maximum atomic E-state index is 12.8. The summed E-state index contributed by atoms with van der Waals surface area (Å²) in [5.74, 6) is -2.20. The zero-order valence-corrected chi connectivity index (χ0v) is 19.1. The van der Waals surface area contributed by atoms with Crippen LogP contribution in [0.5, 0.6) is 0 Å². The molecule has 0 unspecified atom stereocenters. The first-order valence-electron chi connectivity index (χ1n) is 9.96. The molecule has 0 bridgehead atoms. The zero-order valence-electron chi connectivity index (χ0n) is 16.7. The number of nitrogens with one attached hydrogen (secondary N) is 1. The lowest BCUT2D eigenvalue weighted by atomic mass is 10.0. The summed E-state index contributed by atoms with van der Waals surface area (Å²) >= 11 is 4.62. The molecule has 1 aromatic carbocycles. The van der Waals surface area contributed by atoms with E-state index in [4.69, 9.17) is 0 Å². The third kappa shape index (κ3) is 4.83. The molecular formula is C21H19BrF3N3O3S. The van der Waals surface area contributed by atoms with Crippen molar-refractivity contribution in [3.8, 4) is 0 Å². The number of alkyl halides is 3. The molecule has 6 nitrogen and oxygen atoms in total. The van der Waals surface area contributed by atoms with E-state index in [0.29, 0.717) is 23.5 Å². The minimum absolute atomic E-state index is 0.000273. The first kappa shape index (κ1) is 22.8. The summed E-state index contributed by atoms with van der Waals surface area (Å²) in [4.78, 5) is 39.5. The smallest absolute Gasteiger partial charge is 0.346 e. The van der Waals surface area contributed by atoms with Gasteiger partial charge in [0.1, 0.15) is 0 Å². The number of benzene rings is 1. The molecule has 2 aliphatic rings. The summed E-state index contributed by atoms with van der Waals surface area (Å²) in [7, 11) is 0. The summed E-state index contributed by atoms with van der Waals surface area (Å²) in [6.45, 7) is 0.284. The second-order valence-electron chi connectivity index (χ2n) is 7.73. The van der Waals surface area contributed by atoms with Crippen molar-refractivity contribution in [2.45, 2.75) is 31.5 Å². The van der Waals surface area contributed by atoms with Crippen molar-refractivity contribution in [3.05, 3.63) is 50.1 Å². The van der Waals surface area contributed by atoms with E-state index in [2.05, 4.69) is 21.2 Å². The molecule has 0 spiro atoms. The maximum absolute atomic E-state index is 12.8. The van der Waals surface area contributed by atoms with Gasteiger partial charge < -0.3 is 15.1 Å². The van der Waals surface area contributed by atoms with Crippen molar-refractivity contribution in [2.24, 2.45) is 0 Å². The molecule has 0 radical (unpaired) electrons. The van der Waals surface area contributed by atoms with Crippen LogP contribution in [0.25, 0.3) is 0 Å². The van der Waals surface area contributed by atoms with Crippen LogP contribution < -0.4 is 10.2 Å². The van der Waals surface area contributed by atoms with Gasteiger partial charge in [-0.25, -0.2) is 0 Å². The lowest BCUT2D eigenvalue weighted by Crippen LogP contribution is -2.42. The van der Waals surface area contributed by atoms with Gasteiger partial charge in [-0.3, -0.25) is 14.4 Å². The Morgan fingerprint density at radius 2 is 1.81 bits per heavy atom. The quantitative estimate of drug-likeness (QED) is 0.661. The SMILES string of the molecule is O=C(N[C@@H]1CC(=O)N(c2ccc3c(c2)CCN(C(=O)C(F)(F)F)CC3)C1)c1ccc(Br)s1. The highest BCUT2D eigenvalue weighted by atomic mass is 79.9. The Kier molecular flexibility index (Phi) is 6.30. The molecule has 0 saturated carbocycles. The fourth-order valence-electron chi connectivity index (χ4n) is 4.01. The van der Waals surface area contributed by atoms with Crippen molar-refractivity contribution in [3.63, 3.8) is 0 Å². The van der Waals surface area contributed by atoms with Crippen LogP contribution in [0.1, 0.15) is 27.2 Å². The zero-order chi connectivity index (χ0) is 23.0. The van der Waals surface area contributed by atoms with Gasteiger partial charge in [-0.2, -0.15) is 13.2 Å². The number of anilines is 1. The van der Waals surface area contributed by atoms with Crippen molar-refractivity contribution in [1.82, 2.24) is 10.2 Å². The van der Waals surface area contributed by atoms with E-state index in [1.54, 1.807) is 35.2 Å². The van der Waals surface area contributed by atoms with E-state index in [1.165, 1.54) is 11.3 Å². The first-order valence-corrected chi connectivity index (χ1v) is 11.6. The van der Waals surface area contributed by atoms with Crippen molar-refractivity contribution < 1.29 is 27.6 Å². The molecule has 2 aliphatic heterocycles. The third-order valence-corrected chi connectivity index (χ3v) is 7.21. The van der Waals surface area contributed by atoms with Gasteiger partial charge in [-0.1, -0.05) is 6.07 Å². The molecule has 3 amide bonds. The van der Waals surface area contributed by atoms with E-state index >= 15 is 0 Å². The number of carbonyl (C=O) groups is 3. The summed E-state index contributed by atoms with van der Waals surface area (Å²) in [6.07, 6.45) is -4.12. The predicted molar refractivity (Wildman–Crippen MR) is 117 cm³/mol. The number of amides is 3. The van der Waals surface area contributed by atoms with E-state index in [0.717, 1.165) is 19.8 Å². The van der Waals surface area contributed by atoms with Gasteiger partial charge in [-0.05, 0) is 64.2 Å². The molecule has 1 N–H and O–H groups in total. The molecular weight excluding hydrogens is 511 g/mol. The van der Waals surface area contributed by atoms with E-state index < -0.39 is 12.1 Å². The Morgan fingerprint density at radius 3 is 2.47 bits per heavy atom. The maximum Gasteiger partial charge on any atom is 0.471 e. The lowest BCUT2D eigenvalue weighted by Gasteiger charge is -2.21. The van der Waals surface area contributed by atoms with Crippen molar-refractivity contribution >= 4 is 50.7 Å². The number of hydrogen-bond donors (Lipinski definition) is 1. The number of rotatable bonds is 3. The number of carbonyl (C=O) groups excluding carboxylic acids is 3. The highest BCUT2D eigenvalue weighted by Crippen LogP contribution is 2.28. The molecule has 32 heavy (non-hydrogen) atoms. The largest absolute Gasteiger partial charge is 0.471 e. The molecule has 3 heterocycles. The van der Waals surface area contributed by atoms with Crippen LogP contribution in [0.4, 0.5) is 18.9 Å². The summed E-state index contributed by atoms with van der Waals surface area (Å²) < 4.78 is 39.2. The Balaban J connectivity index is 1.43. The first-order chi connectivity index (χ1) is 15.1. The van der Waals surface area contributed by atoms with Gasteiger partial charge in [0.05, 0.1) is 14.7 Å². The van der Waals surface area contributed by atoms with Gasteiger partial charge in [-0.15, -0.1) is 11.3 Å². The van der Waals surface area contributed by atoms with Crippen LogP contribution in [0.2, 0.25) is 0 Å². The summed E-state index contributed by atoms with van der Waals surface area (Å²) in [5.41, 5.74) is 2.33. The molecule has 2 aromatic rings. The molecule has 11 heteroatoms. The number of halogens is 4. The standard InChI is InChI=1S/C21H19BrF3N3O3S/c22-17-4-3-16(32-17)19(30)26-14-10-18(29)28(11-14)15-2-1-12-5-7-27(8-6-13(12)9-15)20(31)21(23,24)25/h1-4,9,14H,5-8,10-11H2,(H,26,30)/t14-/m1/s1. The van der Waals surface area contributed by atoms with Crippen LogP contribution in [-0.4, -0.2) is 54.5 Å². The number of hydrogen-bond acceptors (Lipinski definition) is 4. The minimum Gasteiger partial charge on any atom is -0.346 e. The Hall–Kier alpha value is -2.40. The number of fused-ring (bicyclic) bond motifs is 1. The average Bonchev–Trinajstić information content (AvgIpc) is 3.25. The molecule has 1 atom stereocenters. The van der Waals surface area contributed by atoms with Gasteiger partial charge in [0.15, 0.2) is 0 Å². The van der Waals surface area contributed by atoms with Gasteiger partial charge >= 0.3 is 12.1 Å². The monoisotopic (exact) mass is 529 g/mol. The average molecular weight is 530 g/mol. The van der Waals surface area contributed by atoms with Crippen LogP contribution in [-0.2, 0) is 22.4 Å². The topological polar surface area (TPSA) is 69.7 Å². The Labute approximate surface area is 194 Å². The minimum atomic E-state index is -4.89. The van der Waals surface area contributed by atoms with Crippen molar-refractivity contribution in [1.29, 1.82) is 0 Å². The van der Waals surface area contributed by atoms with Gasteiger partial charge in [0, 0.05) is 31.7 Å². The van der Waals surface area contributed by atoms with E-state index in [9.17, 15) is 27.6 Å².